The standard InChI is InChI=1S/C14H17N3O/c1-4-17-13(14(18)16(2)3)12(10-15-17)11-8-6-5-7-9-11/h5-10H,4H2,1-3H3. The molecule has 0 fully saturated rings. The Bertz CT molecular complexity index is 543. The Balaban J connectivity index is 2.56. The molecule has 1 aromatic carbocycles. The van der Waals surface area contributed by atoms with Crippen LogP contribution in [0.4, 0.5) is 0 Å². The zero-order valence-corrected chi connectivity index (χ0v) is 10.9. The maximum atomic E-state index is 12.2. The number of nitrogens with zero attached hydrogens (tertiary/aromatic N) is 3. The Morgan fingerprint density at radius 3 is 2.50 bits per heavy atom. The van der Waals surface area contributed by atoms with E-state index >= 15 is 0 Å². The molecular weight excluding hydrogens is 226 g/mol. The fourth-order valence-corrected chi connectivity index (χ4v) is 1.89. The van der Waals surface area contributed by atoms with E-state index in [-0.39, 0.29) is 5.91 Å². The highest BCUT2D eigenvalue weighted by molar-refractivity contribution is 5.98. The van der Waals surface area contributed by atoms with E-state index in [4.69, 9.17) is 0 Å². The minimum absolute atomic E-state index is 0.0202. The molecule has 0 saturated carbocycles. The maximum absolute atomic E-state index is 12.2. The van der Waals surface area contributed by atoms with E-state index in [1.54, 1.807) is 29.9 Å². The number of carbonyl (C=O) groups is 1. The molecule has 0 spiro atoms. The third-order valence-corrected chi connectivity index (χ3v) is 2.83. The van der Waals surface area contributed by atoms with Crippen molar-refractivity contribution in [2.45, 2.75) is 13.5 Å². The van der Waals surface area contributed by atoms with Gasteiger partial charge in [-0.2, -0.15) is 5.10 Å². The zero-order valence-electron chi connectivity index (χ0n) is 10.9. The van der Waals surface area contributed by atoms with Crippen molar-refractivity contribution >= 4 is 5.91 Å². The third kappa shape index (κ3) is 2.14. The van der Waals surface area contributed by atoms with E-state index in [1.165, 1.54) is 0 Å². The zero-order chi connectivity index (χ0) is 13.1. The Morgan fingerprint density at radius 1 is 1.28 bits per heavy atom. The summed E-state index contributed by atoms with van der Waals surface area (Å²) in [6.07, 6.45) is 1.76. The highest BCUT2D eigenvalue weighted by atomic mass is 16.2. The van der Waals surface area contributed by atoms with E-state index in [9.17, 15) is 4.79 Å². The predicted molar refractivity (Wildman–Crippen MR) is 71.4 cm³/mol. The molecule has 0 aliphatic carbocycles. The fourth-order valence-electron chi connectivity index (χ4n) is 1.89. The topological polar surface area (TPSA) is 38.1 Å². The van der Waals surface area contributed by atoms with Crippen LogP contribution in [0, 0.1) is 0 Å². The SMILES string of the molecule is CCn1ncc(-c2ccccc2)c1C(=O)N(C)C. The van der Waals surface area contributed by atoms with Crippen LogP contribution in [0.1, 0.15) is 17.4 Å². The number of carbonyl (C=O) groups excluding carboxylic acids is 1. The number of aromatic nitrogens is 2. The molecule has 0 radical (unpaired) electrons. The van der Waals surface area contributed by atoms with E-state index in [0.717, 1.165) is 11.1 Å². The number of aryl methyl sites for hydroxylation is 1. The van der Waals surface area contributed by atoms with Crippen molar-refractivity contribution in [3.8, 4) is 11.1 Å². The molecule has 2 aromatic rings. The monoisotopic (exact) mass is 243 g/mol. The number of hydrogen-bond acceptors (Lipinski definition) is 2. The van der Waals surface area contributed by atoms with Gasteiger partial charge in [-0.25, -0.2) is 0 Å². The van der Waals surface area contributed by atoms with Crippen molar-refractivity contribution in [1.82, 2.24) is 14.7 Å². The molecule has 0 N–H and O–H groups in total. The van der Waals surface area contributed by atoms with Gasteiger partial charge < -0.3 is 4.90 Å². The Morgan fingerprint density at radius 2 is 1.94 bits per heavy atom. The molecule has 1 aromatic heterocycles. The van der Waals surface area contributed by atoms with Gasteiger partial charge in [-0.05, 0) is 12.5 Å². The van der Waals surface area contributed by atoms with Crippen LogP contribution in [0.2, 0.25) is 0 Å². The lowest BCUT2D eigenvalue weighted by Crippen LogP contribution is -2.25. The van der Waals surface area contributed by atoms with Crippen molar-refractivity contribution < 1.29 is 4.79 Å². The molecule has 18 heavy (non-hydrogen) atoms. The summed E-state index contributed by atoms with van der Waals surface area (Å²) in [5, 5.41) is 4.28. The lowest BCUT2D eigenvalue weighted by molar-refractivity contribution is 0.0816. The van der Waals surface area contributed by atoms with Crippen molar-refractivity contribution in [2.75, 3.05) is 14.1 Å². The molecular formula is C14H17N3O. The average Bonchev–Trinajstić information content (AvgIpc) is 2.82. The van der Waals surface area contributed by atoms with Gasteiger partial charge in [0, 0.05) is 26.2 Å². The van der Waals surface area contributed by atoms with Crippen molar-refractivity contribution in [3.05, 3.63) is 42.2 Å². The van der Waals surface area contributed by atoms with Gasteiger partial charge in [-0.3, -0.25) is 9.48 Å². The van der Waals surface area contributed by atoms with Crippen molar-refractivity contribution in [2.24, 2.45) is 0 Å². The first kappa shape index (κ1) is 12.4. The van der Waals surface area contributed by atoms with Gasteiger partial charge in [0.2, 0.25) is 0 Å². The second-order valence-corrected chi connectivity index (χ2v) is 4.29. The summed E-state index contributed by atoms with van der Waals surface area (Å²) in [4.78, 5) is 13.8. The molecule has 4 nitrogen and oxygen atoms in total. The molecule has 0 saturated heterocycles. The third-order valence-electron chi connectivity index (χ3n) is 2.83. The normalized spacial score (nSPS) is 10.4. The molecule has 94 valence electrons. The average molecular weight is 243 g/mol. The van der Waals surface area contributed by atoms with Crippen LogP contribution in [0.25, 0.3) is 11.1 Å². The number of hydrogen-bond donors (Lipinski definition) is 0. The largest absolute Gasteiger partial charge is 0.343 e. The minimum Gasteiger partial charge on any atom is -0.343 e. The van der Waals surface area contributed by atoms with Crippen LogP contribution in [-0.4, -0.2) is 34.7 Å². The fraction of sp³-hybridized carbons (Fsp3) is 0.286. The Hall–Kier alpha value is -2.10. The molecule has 0 aliphatic heterocycles. The van der Waals surface area contributed by atoms with Crippen molar-refractivity contribution in [1.29, 1.82) is 0 Å². The molecule has 2 rings (SSSR count). The van der Waals surface area contributed by atoms with Crippen LogP contribution in [-0.2, 0) is 6.54 Å². The molecule has 1 heterocycles. The van der Waals surface area contributed by atoms with E-state index in [2.05, 4.69) is 5.10 Å². The van der Waals surface area contributed by atoms with Crippen molar-refractivity contribution in [3.63, 3.8) is 0 Å². The molecule has 0 atom stereocenters. The first-order valence-corrected chi connectivity index (χ1v) is 5.98. The molecule has 0 unspecified atom stereocenters. The second-order valence-electron chi connectivity index (χ2n) is 4.29. The molecule has 0 bridgehead atoms. The smallest absolute Gasteiger partial charge is 0.272 e. The first-order valence-electron chi connectivity index (χ1n) is 5.98. The molecule has 1 amide bonds. The van der Waals surface area contributed by atoms with Gasteiger partial charge in [-0.1, -0.05) is 30.3 Å². The van der Waals surface area contributed by atoms with Crippen LogP contribution < -0.4 is 0 Å². The number of rotatable bonds is 3. The quantitative estimate of drug-likeness (QED) is 0.829. The number of benzene rings is 1. The summed E-state index contributed by atoms with van der Waals surface area (Å²) in [5.74, 6) is -0.0202. The van der Waals surface area contributed by atoms with Gasteiger partial charge in [0.05, 0.1) is 6.20 Å². The van der Waals surface area contributed by atoms with Crippen LogP contribution in [0.15, 0.2) is 36.5 Å². The van der Waals surface area contributed by atoms with E-state index in [0.29, 0.717) is 12.2 Å². The van der Waals surface area contributed by atoms with Gasteiger partial charge in [0.25, 0.3) is 5.91 Å². The Kier molecular flexibility index (Phi) is 3.46. The summed E-state index contributed by atoms with van der Waals surface area (Å²) < 4.78 is 1.74. The van der Waals surface area contributed by atoms with E-state index in [1.807, 2.05) is 37.3 Å². The lowest BCUT2D eigenvalue weighted by Gasteiger charge is -2.13. The summed E-state index contributed by atoms with van der Waals surface area (Å²) in [7, 11) is 3.51. The molecule has 0 aliphatic rings. The predicted octanol–water partition coefficient (Wildman–Crippen LogP) is 2.27. The van der Waals surface area contributed by atoms with E-state index < -0.39 is 0 Å². The summed E-state index contributed by atoms with van der Waals surface area (Å²) in [6, 6.07) is 9.86. The summed E-state index contributed by atoms with van der Waals surface area (Å²) in [6.45, 7) is 2.66. The minimum atomic E-state index is -0.0202. The highest BCUT2D eigenvalue weighted by Crippen LogP contribution is 2.24. The maximum Gasteiger partial charge on any atom is 0.272 e. The van der Waals surface area contributed by atoms with Crippen LogP contribution >= 0.6 is 0 Å². The lowest BCUT2D eigenvalue weighted by atomic mass is 10.1. The molecule has 4 heteroatoms. The number of amides is 1. The Labute approximate surface area is 107 Å². The highest BCUT2D eigenvalue weighted by Gasteiger charge is 2.20. The van der Waals surface area contributed by atoms with Gasteiger partial charge >= 0.3 is 0 Å². The van der Waals surface area contributed by atoms with Gasteiger partial charge in [0.1, 0.15) is 5.69 Å². The summed E-state index contributed by atoms with van der Waals surface area (Å²) >= 11 is 0. The second kappa shape index (κ2) is 5.04. The van der Waals surface area contributed by atoms with Crippen LogP contribution in [0.3, 0.4) is 0 Å². The first-order chi connectivity index (χ1) is 8.65. The summed E-state index contributed by atoms with van der Waals surface area (Å²) in [5.41, 5.74) is 2.55. The van der Waals surface area contributed by atoms with Gasteiger partial charge in [0.15, 0.2) is 0 Å². The van der Waals surface area contributed by atoms with Crippen LogP contribution in [0.5, 0.6) is 0 Å². The van der Waals surface area contributed by atoms with Gasteiger partial charge in [-0.15, -0.1) is 0 Å².